The predicted octanol–water partition coefficient (Wildman–Crippen LogP) is 2.93. The first kappa shape index (κ1) is 15.6. The lowest BCUT2D eigenvalue weighted by Gasteiger charge is -2.22. The first-order valence-electron chi connectivity index (χ1n) is 6.61. The number of rotatable bonds is 4. The van der Waals surface area contributed by atoms with Crippen molar-refractivity contribution in [2.75, 3.05) is 17.6 Å². The van der Waals surface area contributed by atoms with Crippen LogP contribution in [0.15, 0.2) is 18.2 Å². The Hall–Kier alpha value is -1.76. The molecule has 21 heavy (non-hydrogen) atoms. The van der Waals surface area contributed by atoms with E-state index in [2.05, 4.69) is 17.6 Å². The van der Waals surface area contributed by atoms with E-state index < -0.39 is 17.8 Å². The molecule has 3 N–H and O–H groups in total. The quantitative estimate of drug-likeness (QED) is 0.799. The molecule has 2 amide bonds. The minimum Gasteiger partial charge on any atom is -0.478 e. The number of carboxylic acids is 1. The molecule has 1 aromatic rings. The lowest BCUT2D eigenvalue weighted by atomic mass is 10.1. The number of carbonyl (C=O) groups is 2. The van der Waals surface area contributed by atoms with Crippen LogP contribution in [0.5, 0.6) is 0 Å². The number of aromatic carboxylic acids is 1. The first-order valence-corrected chi connectivity index (χ1v) is 7.60. The number of carboxylic acid groups (broad SMARTS) is 1. The van der Waals surface area contributed by atoms with Crippen molar-refractivity contribution < 1.29 is 19.1 Å². The van der Waals surface area contributed by atoms with Crippen LogP contribution in [0.1, 0.15) is 30.1 Å². The maximum Gasteiger partial charge on any atom is 0.335 e. The molecule has 114 valence electrons. The van der Waals surface area contributed by atoms with Crippen molar-refractivity contribution in [3.8, 4) is 0 Å². The Morgan fingerprint density at radius 3 is 2.81 bits per heavy atom. The molecule has 0 radical (unpaired) electrons. The molecule has 2 rings (SSSR count). The Morgan fingerprint density at radius 2 is 2.24 bits per heavy atom. The van der Waals surface area contributed by atoms with E-state index in [0.29, 0.717) is 6.54 Å². The molecular weight excluding hydrogens is 295 g/mol. The zero-order valence-electron chi connectivity index (χ0n) is 11.6. The molecule has 5 nitrogen and oxygen atoms in total. The minimum atomic E-state index is -1.21. The van der Waals surface area contributed by atoms with Crippen molar-refractivity contribution in [3.63, 3.8) is 0 Å². The average Bonchev–Trinajstić information content (AvgIpc) is 2.86. The number of benzene rings is 1. The summed E-state index contributed by atoms with van der Waals surface area (Å²) < 4.78 is 13.7. The number of hydrogen-bond acceptors (Lipinski definition) is 3. The number of halogens is 1. The summed E-state index contributed by atoms with van der Waals surface area (Å²) in [7, 11) is 0. The minimum absolute atomic E-state index is 0.0308. The molecule has 1 aliphatic heterocycles. The Kier molecular flexibility index (Phi) is 4.72. The van der Waals surface area contributed by atoms with Gasteiger partial charge < -0.3 is 15.7 Å². The molecule has 1 aromatic carbocycles. The van der Waals surface area contributed by atoms with Crippen molar-refractivity contribution in [3.05, 3.63) is 29.6 Å². The van der Waals surface area contributed by atoms with Crippen LogP contribution in [0.2, 0.25) is 0 Å². The Bertz CT molecular complexity index is 559. The summed E-state index contributed by atoms with van der Waals surface area (Å²) in [5.74, 6) is -0.895. The van der Waals surface area contributed by atoms with Gasteiger partial charge in [-0.3, -0.25) is 0 Å². The second-order valence-electron chi connectivity index (χ2n) is 5.21. The van der Waals surface area contributed by atoms with Gasteiger partial charge in [-0.25, -0.2) is 14.0 Å². The van der Waals surface area contributed by atoms with Crippen molar-refractivity contribution in [2.24, 2.45) is 0 Å². The third-order valence-corrected chi connectivity index (χ3v) is 4.93. The van der Waals surface area contributed by atoms with Crippen molar-refractivity contribution in [1.29, 1.82) is 0 Å². The fraction of sp³-hybridized carbons (Fsp3) is 0.429. The molecule has 0 saturated carbocycles. The number of amides is 2. The fourth-order valence-electron chi connectivity index (χ4n) is 2.16. The smallest absolute Gasteiger partial charge is 0.335 e. The van der Waals surface area contributed by atoms with E-state index in [1.54, 1.807) is 0 Å². The van der Waals surface area contributed by atoms with Crippen LogP contribution < -0.4 is 10.6 Å². The number of carbonyl (C=O) groups excluding carboxylic acids is 1. The van der Waals surface area contributed by atoms with Crippen LogP contribution in [0.25, 0.3) is 0 Å². The maximum absolute atomic E-state index is 13.7. The summed E-state index contributed by atoms with van der Waals surface area (Å²) in [4.78, 5) is 22.5. The van der Waals surface area contributed by atoms with Crippen LogP contribution in [0, 0.1) is 5.82 Å². The number of nitrogens with one attached hydrogen (secondary N) is 2. The van der Waals surface area contributed by atoms with Crippen LogP contribution in [0.3, 0.4) is 0 Å². The zero-order chi connectivity index (χ0) is 15.5. The second kappa shape index (κ2) is 6.34. The van der Waals surface area contributed by atoms with Crippen molar-refractivity contribution >= 4 is 29.4 Å². The van der Waals surface area contributed by atoms with Gasteiger partial charge in [0.05, 0.1) is 11.3 Å². The van der Waals surface area contributed by atoms with Gasteiger partial charge in [0.1, 0.15) is 5.82 Å². The highest BCUT2D eigenvalue weighted by atomic mass is 32.2. The summed E-state index contributed by atoms with van der Waals surface area (Å²) in [6, 6.07) is 2.87. The highest BCUT2D eigenvalue weighted by molar-refractivity contribution is 8.00. The van der Waals surface area contributed by atoms with Crippen molar-refractivity contribution in [2.45, 2.75) is 24.5 Å². The van der Waals surface area contributed by atoms with Gasteiger partial charge in [0.2, 0.25) is 0 Å². The highest BCUT2D eigenvalue weighted by Crippen LogP contribution is 2.36. The SMILES string of the molecule is CC1(CNC(=O)Nc2ccc(C(=O)O)cc2F)CCCS1. The van der Waals surface area contributed by atoms with Gasteiger partial charge in [-0.15, -0.1) is 0 Å². The van der Waals surface area contributed by atoms with E-state index in [1.165, 1.54) is 12.1 Å². The number of hydrogen-bond donors (Lipinski definition) is 3. The molecule has 1 atom stereocenters. The van der Waals surface area contributed by atoms with E-state index in [9.17, 15) is 14.0 Å². The monoisotopic (exact) mass is 312 g/mol. The molecule has 1 fully saturated rings. The van der Waals surface area contributed by atoms with Gasteiger partial charge >= 0.3 is 12.0 Å². The van der Waals surface area contributed by atoms with E-state index in [0.717, 1.165) is 24.7 Å². The third-order valence-electron chi connectivity index (χ3n) is 3.39. The summed E-state index contributed by atoms with van der Waals surface area (Å²) in [5.41, 5.74) is -0.199. The molecule has 1 aliphatic rings. The van der Waals surface area contributed by atoms with E-state index in [4.69, 9.17) is 5.11 Å². The molecule has 0 aliphatic carbocycles. The maximum atomic E-state index is 13.7. The van der Waals surface area contributed by atoms with Crippen molar-refractivity contribution in [1.82, 2.24) is 5.32 Å². The average molecular weight is 312 g/mol. The number of anilines is 1. The predicted molar refractivity (Wildman–Crippen MR) is 80.5 cm³/mol. The lowest BCUT2D eigenvalue weighted by Crippen LogP contribution is -2.39. The van der Waals surface area contributed by atoms with Crippen LogP contribution in [-0.4, -0.2) is 34.2 Å². The molecule has 0 spiro atoms. The molecule has 0 bridgehead atoms. The Labute approximate surface area is 126 Å². The zero-order valence-corrected chi connectivity index (χ0v) is 12.4. The van der Waals surface area contributed by atoms with Crippen LogP contribution in [0.4, 0.5) is 14.9 Å². The van der Waals surface area contributed by atoms with E-state index in [-0.39, 0.29) is 16.0 Å². The van der Waals surface area contributed by atoms with Gasteiger partial charge in [-0.2, -0.15) is 11.8 Å². The molecule has 7 heteroatoms. The van der Waals surface area contributed by atoms with Gasteiger partial charge in [-0.1, -0.05) is 0 Å². The highest BCUT2D eigenvalue weighted by Gasteiger charge is 2.29. The van der Waals surface area contributed by atoms with Crippen LogP contribution in [-0.2, 0) is 0 Å². The third kappa shape index (κ3) is 4.10. The van der Waals surface area contributed by atoms with Gasteiger partial charge in [0.25, 0.3) is 0 Å². The van der Waals surface area contributed by atoms with Gasteiger partial charge in [0.15, 0.2) is 0 Å². The lowest BCUT2D eigenvalue weighted by molar-refractivity contribution is 0.0696. The Morgan fingerprint density at radius 1 is 1.48 bits per heavy atom. The van der Waals surface area contributed by atoms with E-state index >= 15 is 0 Å². The summed E-state index contributed by atoms with van der Waals surface area (Å²) in [6.07, 6.45) is 2.18. The topological polar surface area (TPSA) is 78.4 Å². The van der Waals surface area contributed by atoms with Gasteiger partial charge in [-0.05, 0) is 43.7 Å². The second-order valence-corrected chi connectivity index (χ2v) is 6.89. The first-order chi connectivity index (χ1) is 9.89. The summed E-state index contributed by atoms with van der Waals surface area (Å²) in [5, 5.41) is 13.9. The summed E-state index contributed by atoms with van der Waals surface area (Å²) in [6.45, 7) is 2.60. The molecule has 1 unspecified atom stereocenters. The van der Waals surface area contributed by atoms with Gasteiger partial charge in [0, 0.05) is 11.3 Å². The summed E-state index contributed by atoms with van der Waals surface area (Å²) >= 11 is 1.82. The largest absolute Gasteiger partial charge is 0.478 e. The normalized spacial score (nSPS) is 21.0. The molecular formula is C14H17FN2O3S. The fourth-order valence-corrected chi connectivity index (χ4v) is 3.40. The molecule has 1 saturated heterocycles. The molecule has 0 aromatic heterocycles. The van der Waals surface area contributed by atoms with E-state index in [1.807, 2.05) is 11.8 Å². The standard InChI is InChI=1S/C14H17FN2O3S/c1-14(5-2-6-21-14)8-16-13(20)17-11-4-3-9(12(18)19)7-10(11)15/h3-4,7H,2,5-6,8H2,1H3,(H,18,19)(H2,16,17,20). The number of urea groups is 1. The number of thioether (sulfide) groups is 1. The Balaban J connectivity index is 1.92. The van der Waals surface area contributed by atoms with Crippen LogP contribution >= 0.6 is 11.8 Å². The molecule has 1 heterocycles.